The van der Waals surface area contributed by atoms with E-state index in [1.54, 1.807) is 4.90 Å². The summed E-state index contributed by atoms with van der Waals surface area (Å²) in [5, 5.41) is 21.3. The molecule has 2 fully saturated rings. The Hall–Kier alpha value is -1.30. The average molecular weight is 298 g/mol. The van der Waals surface area contributed by atoms with E-state index in [1.165, 1.54) is 0 Å². The molecule has 2 rings (SSSR count). The molecule has 0 radical (unpaired) electrons. The highest BCUT2D eigenvalue weighted by Crippen LogP contribution is 2.28. The molecule has 1 heterocycles. The third-order valence-electron chi connectivity index (χ3n) is 4.82. The van der Waals surface area contributed by atoms with Gasteiger partial charge < -0.3 is 20.4 Å². The van der Waals surface area contributed by atoms with Gasteiger partial charge in [-0.3, -0.25) is 0 Å². The number of aliphatic carboxylic acids is 1. The standard InChI is InChI=1S/C15H26N2O4/c18-10-6-12-5-9-17(11-12)14(21)16-15(13(19)20)7-3-1-2-4-8-15/h12,18H,1-11H2,(H,16,21)(H,19,20). The minimum atomic E-state index is -1.09. The minimum Gasteiger partial charge on any atom is -0.480 e. The van der Waals surface area contributed by atoms with E-state index in [1.807, 2.05) is 0 Å². The summed E-state index contributed by atoms with van der Waals surface area (Å²) in [4.78, 5) is 25.7. The molecule has 120 valence electrons. The first-order chi connectivity index (χ1) is 10.1. The highest BCUT2D eigenvalue weighted by atomic mass is 16.4. The lowest BCUT2D eigenvalue weighted by Crippen LogP contribution is -2.57. The molecular weight excluding hydrogens is 272 g/mol. The van der Waals surface area contributed by atoms with Gasteiger partial charge in [0.25, 0.3) is 0 Å². The predicted octanol–water partition coefficient (Wildman–Crippen LogP) is 1.58. The highest BCUT2D eigenvalue weighted by Gasteiger charge is 2.41. The molecule has 2 aliphatic rings. The number of nitrogens with zero attached hydrogens (tertiary/aromatic N) is 1. The monoisotopic (exact) mass is 298 g/mol. The number of aliphatic hydroxyl groups is 1. The Kier molecular flexibility index (Phi) is 5.45. The Morgan fingerprint density at radius 3 is 2.43 bits per heavy atom. The van der Waals surface area contributed by atoms with Gasteiger partial charge in [-0.2, -0.15) is 0 Å². The number of hydrogen-bond donors (Lipinski definition) is 3. The molecule has 1 saturated carbocycles. The van der Waals surface area contributed by atoms with Crippen molar-refractivity contribution in [2.24, 2.45) is 5.92 Å². The fourth-order valence-corrected chi connectivity index (χ4v) is 3.44. The van der Waals surface area contributed by atoms with E-state index < -0.39 is 11.5 Å². The van der Waals surface area contributed by atoms with Gasteiger partial charge in [-0.15, -0.1) is 0 Å². The molecule has 6 nitrogen and oxygen atoms in total. The molecule has 21 heavy (non-hydrogen) atoms. The van der Waals surface area contributed by atoms with Crippen molar-refractivity contribution in [3.8, 4) is 0 Å². The van der Waals surface area contributed by atoms with E-state index in [4.69, 9.17) is 5.11 Å². The molecule has 1 aliphatic carbocycles. The van der Waals surface area contributed by atoms with Crippen LogP contribution in [0.1, 0.15) is 51.4 Å². The lowest BCUT2D eigenvalue weighted by molar-refractivity contribution is -0.145. The maximum absolute atomic E-state index is 12.4. The second-order valence-electron chi connectivity index (χ2n) is 6.34. The molecule has 1 unspecified atom stereocenters. The molecule has 1 saturated heterocycles. The van der Waals surface area contributed by atoms with Crippen LogP contribution in [0.25, 0.3) is 0 Å². The first kappa shape index (κ1) is 16.1. The third kappa shape index (κ3) is 3.87. The number of aliphatic hydroxyl groups excluding tert-OH is 1. The summed E-state index contributed by atoms with van der Waals surface area (Å²) < 4.78 is 0. The predicted molar refractivity (Wildman–Crippen MR) is 78.0 cm³/mol. The zero-order chi connectivity index (χ0) is 15.3. The number of carboxylic acid groups (broad SMARTS) is 1. The highest BCUT2D eigenvalue weighted by molar-refractivity contribution is 5.86. The molecule has 1 atom stereocenters. The number of carbonyl (C=O) groups excluding carboxylic acids is 1. The first-order valence-electron chi connectivity index (χ1n) is 7.99. The van der Waals surface area contributed by atoms with Crippen LogP contribution in [-0.2, 0) is 4.79 Å². The van der Waals surface area contributed by atoms with Crippen LogP contribution in [-0.4, -0.2) is 52.3 Å². The van der Waals surface area contributed by atoms with E-state index in [0.29, 0.717) is 38.3 Å². The second-order valence-corrected chi connectivity index (χ2v) is 6.34. The molecular formula is C15H26N2O4. The van der Waals surface area contributed by atoms with Crippen LogP contribution in [0.3, 0.4) is 0 Å². The van der Waals surface area contributed by atoms with Crippen molar-refractivity contribution < 1.29 is 19.8 Å². The van der Waals surface area contributed by atoms with Gasteiger partial charge in [0.05, 0.1) is 0 Å². The van der Waals surface area contributed by atoms with Crippen LogP contribution in [0.5, 0.6) is 0 Å². The number of urea groups is 1. The number of carboxylic acids is 1. The van der Waals surface area contributed by atoms with Gasteiger partial charge >= 0.3 is 12.0 Å². The van der Waals surface area contributed by atoms with Crippen LogP contribution in [0.2, 0.25) is 0 Å². The molecule has 0 aromatic carbocycles. The van der Waals surface area contributed by atoms with E-state index in [9.17, 15) is 14.7 Å². The molecule has 1 aliphatic heterocycles. The fraction of sp³-hybridized carbons (Fsp3) is 0.867. The van der Waals surface area contributed by atoms with Crippen LogP contribution in [0.4, 0.5) is 4.79 Å². The van der Waals surface area contributed by atoms with Crippen LogP contribution >= 0.6 is 0 Å². The van der Waals surface area contributed by atoms with Crippen molar-refractivity contribution in [3.05, 3.63) is 0 Å². The van der Waals surface area contributed by atoms with Crippen LogP contribution in [0, 0.1) is 5.92 Å². The zero-order valence-corrected chi connectivity index (χ0v) is 12.5. The second kappa shape index (κ2) is 7.11. The summed E-state index contributed by atoms with van der Waals surface area (Å²) >= 11 is 0. The zero-order valence-electron chi connectivity index (χ0n) is 12.5. The van der Waals surface area contributed by atoms with Gasteiger partial charge in [0.1, 0.15) is 5.54 Å². The summed E-state index contributed by atoms with van der Waals surface area (Å²) in [7, 11) is 0. The number of carbonyl (C=O) groups is 2. The van der Waals surface area contributed by atoms with Crippen molar-refractivity contribution in [1.29, 1.82) is 0 Å². The Bertz CT molecular complexity index is 378. The van der Waals surface area contributed by atoms with Crippen LogP contribution in [0.15, 0.2) is 0 Å². The molecule has 2 amide bonds. The summed E-state index contributed by atoms with van der Waals surface area (Å²) in [5.74, 6) is -0.584. The maximum Gasteiger partial charge on any atom is 0.329 e. The van der Waals surface area contributed by atoms with Crippen molar-refractivity contribution in [2.75, 3.05) is 19.7 Å². The maximum atomic E-state index is 12.4. The first-order valence-corrected chi connectivity index (χ1v) is 7.99. The number of likely N-dealkylation sites (tertiary alicyclic amines) is 1. The number of nitrogens with one attached hydrogen (secondary N) is 1. The quantitative estimate of drug-likeness (QED) is 0.687. The molecule has 0 aromatic heterocycles. The molecule has 3 N–H and O–H groups in total. The summed E-state index contributed by atoms with van der Waals surface area (Å²) in [6.07, 6.45) is 6.38. The van der Waals surface area contributed by atoms with Gasteiger partial charge in [-0.1, -0.05) is 25.7 Å². The normalized spacial score (nSPS) is 25.4. The Morgan fingerprint density at radius 1 is 1.19 bits per heavy atom. The fourth-order valence-electron chi connectivity index (χ4n) is 3.44. The van der Waals surface area contributed by atoms with Gasteiger partial charge in [-0.25, -0.2) is 9.59 Å². The summed E-state index contributed by atoms with van der Waals surface area (Å²) in [6, 6.07) is -0.264. The summed E-state index contributed by atoms with van der Waals surface area (Å²) in [5.41, 5.74) is -1.09. The van der Waals surface area contributed by atoms with Crippen LogP contribution < -0.4 is 5.32 Å². The molecule has 6 heteroatoms. The van der Waals surface area contributed by atoms with Gasteiger partial charge in [-0.05, 0) is 31.6 Å². The lowest BCUT2D eigenvalue weighted by Gasteiger charge is -2.31. The Morgan fingerprint density at radius 2 is 1.86 bits per heavy atom. The lowest BCUT2D eigenvalue weighted by atomic mass is 9.90. The number of hydrogen-bond acceptors (Lipinski definition) is 3. The number of amides is 2. The Balaban J connectivity index is 1.97. The molecule has 0 spiro atoms. The number of rotatable bonds is 4. The third-order valence-corrected chi connectivity index (χ3v) is 4.82. The van der Waals surface area contributed by atoms with E-state index in [-0.39, 0.29) is 12.6 Å². The largest absolute Gasteiger partial charge is 0.480 e. The van der Waals surface area contributed by atoms with Crippen molar-refractivity contribution in [2.45, 2.75) is 56.9 Å². The van der Waals surface area contributed by atoms with E-state index >= 15 is 0 Å². The van der Waals surface area contributed by atoms with Gasteiger partial charge in [0, 0.05) is 19.7 Å². The topological polar surface area (TPSA) is 89.9 Å². The van der Waals surface area contributed by atoms with E-state index in [0.717, 1.165) is 32.1 Å². The Labute approximate surface area is 125 Å². The van der Waals surface area contributed by atoms with Crippen molar-refractivity contribution >= 4 is 12.0 Å². The van der Waals surface area contributed by atoms with Gasteiger partial charge in [0.2, 0.25) is 0 Å². The van der Waals surface area contributed by atoms with Crippen molar-refractivity contribution in [1.82, 2.24) is 10.2 Å². The van der Waals surface area contributed by atoms with Crippen molar-refractivity contribution in [3.63, 3.8) is 0 Å². The smallest absolute Gasteiger partial charge is 0.329 e. The SMILES string of the molecule is O=C(NC1(C(=O)O)CCCCCC1)N1CCC(CCO)C1. The molecule has 0 aromatic rings. The molecule has 0 bridgehead atoms. The average Bonchev–Trinajstić information content (AvgIpc) is 2.78. The van der Waals surface area contributed by atoms with E-state index in [2.05, 4.69) is 5.32 Å². The minimum absolute atomic E-state index is 0.138. The van der Waals surface area contributed by atoms with Gasteiger partial charge in [0.15, 0.2) is 0 Å². The summed E-state index contributed by atoms with van der Waals surface area (Å²) in [6.45, 7) is 1.40.